The lowest BCUT2D eigenvalue weighted by molar-refractivity contribution is 0.264. The molecule has 0 aromatic carbocycles. The molecule has 0 aromatic heterocycles. The van der Waals surface area contributed by atoms with Crippen LogP contribution in [-0.2, 0) is 0 Å². The van der Waals surface area contributed by atoms with Crippen LogP contribution in [0.25, 0.3) is 0 Å². The minimum atomic E-state index is 0.890. The van der Waals surface area contributed by atoms with E-state index in [1.54, 1.807) is 6.42 Å². The Morgan fingerprint density at radius 1 is 1.00 bits per heavy atom. The van der Waals surface area contributed by atoms with Crippen LogP contribution >= 0.6 is 0 Å². The van der Waals surface area contributed by atoms with Gasteiger partial charge in [-0.25, -0.2) is 0 Å². The highest BCUT2D eigenvalue weighted by atomic mass is 15.2. The van der Waals surface area contributed by atoms with Crippen LogP contribution in [0.2, 0.25) is 0 Å². The smallest absolute Gasteiger partial charge is 0.0133 e. The molecule has 4 saturated carbocycles. The van der Waals surface area contributed by atoms with Crippen molar-refractivity contribution in [3.05, 3.63) is 0 Å². The van der Waals surface area contributed by atoms with Crippen LogP contribution < -0.4 is 0 Å². The molecule has 0 radical (unpaired) electrons. The summed E-state index contributed by atoms with van der Waals surface area (Å²) in [6.07, 6.45) is 1.54. The molecule has 5 atom stereocenters. The van der Waals surface area contributed by atoms with Gasteiger partial charge in [0.1, 0.15) is 0 Å². The molecule has 4 aliphatic rings. The summed E-state index contributed by atoms with van der Waals surface area (Å²) in [5, 5.41) is 0. The van der Waals surface area contributed by atoms with E-state index >= 15 is 0 Å². The molecular formula is C15H24. The maximum Gasteiger partial charge on any atom is -0.0133 e. The summed E-state index contributed by atoms with van der Waals surface area (Å²) >= 11 is 0. The first kappa shape index (κ1) is 9.07. The second-order valence-electron chi connectivity index (χ2n) is 7.51. The van der Waals surface area contributed by atoms with Crippen molar-refractivity contribution in [1.29, 1.82) is 0 Å². The van der Waals surface area contributed by atoms with Crippen molar-refractivity contribution >= 4 is 0 Å². The minimum absolute atomic E-state index is 0.890. The van der Waals surface area contributed by atoms with Gasteiger partial charge in [-0.15, -0.1) is 0 Å². The zero-order valence-electron chi connectivity index (χ0n) is 10.7. The highest BCUT2D eigenvalue weighted by Crippen LogP contribution is 3.14. The number of hydrogen-bond donors (Lipinski definition) is 0. The van der Waals surface area contributed by atoms with Gasteiger partial charge in [-0.05, 0) is 58.7 Å². The Morgan fingerprint density at radius 3 is 2.00 bits per heavy atom. The standard InChI is InChI=1S/C15H24/c1-7(2)8(3)6-11-14-10(5)15(11,14)13-9(4)12(13)14/h7-13H,6H2,1-5H3. The Kier molecular flexibility index (Phi) is 1.24. The number of fused-ring (bicyclic) bond motifs is 1. The molecule has 0 bridgehead atoms. The minimum Gasteiger partial charge on any atom is -0.0625 e. The topological polar surface area (TPSA) is 0 Å². The molecule has 0 nitrogen and oxygen atoms in total. The van der Waals surface area contributed by atoms with Crippen LogP contribution in [0.15, 0.2) is 0 Å². The highest BCUT2D eigenvalue weighted by molar-refractivity contribution is 5.57. The van der Waals surface area contributed by atoms with E-state index in [4.69, 9.17) is 0 Å². The fourth-order valence-electron chi connectivity index (χ4n) is 6.42. The predicted octanol–water partition coefficient (Wildman–Crippen LogP) is 3.82. The van der Waals surface area contributed by atoms with Gasteiger partial charge in [-0.1, -0.05) is 34.6 Å². The van der Waals surface area contributed by atoms with Crippen molar-refractivity contribution < 1.29 is 0 Å². The van der Waals surface area contributed by atoms with E-state index in [-0.39, 0.29) is 0 Å². The van der Waals surface area contributed by atoms with E-state index in [0.717, 1.165) is 34.5 Å². The first-order valence-corrected chi connectivity index (χ1v) is 7.02. The van der Waals surface area contributed by atoms with E-state index in [9.17, 15) is 0 Å². The average Bonchev–Trinajstić information content (AvgIpc) is 2.93. The molecule has 0 amide bonds. The fourth-order valence-corrected chi connectivity index (χ4v) is 6.42. The molecule has 15 heavy (non-hydrogen) atoms. The van der Waals surface area contributed by atoms with E-state index < -0.39 is 0 Å². The first-order chi connectivity index (χ1) is 7.02. The second-order valence-corrected chi connectivity index (χ2v) is 7.51. The lowest BCUT2D eigenvalue weighted by atomic mass is 9.83. The maximum atomic E-state index is 2.54. The van der Waals surface area contributed by atoms with Crippen LogP contribution in [0, 0.1) is 52.3 Å². The summed E-state index contributed by atoms with van der Waals surface area (Å²) in [6.45, 7) is 12.3. The van der Waals surface area contributed by atoms with Gasteiger partial charge >= 0.3 is 0 Å². The zero-order chi connectivity index (χ0) is 10.7. The molecule has 5 unspecified atom stereocenters. The second kappa shape index (κ2) is 2.05. The third kappa shape index (κ3) is 0.579. The lowest BCUT2D eigenvalue weighted by Crippen LogP contribution is -2.15. The molecule has 0 spiro atoms. The van der Waals surface area contributed by atoms with E-state index in [0.29, 0.717) is 0 Å². The summed E-state index contributed by atoms with van der Waals surface area (Å²) in [5.74, 6) is 7.64. The average molecular weight is 204 g/mol. The van der Waals surface area contributed by atoms with Crippen molar-refractivity contribution in [3.8, 4) is 0 Å². The molecule has 4 fully saturated rings. The van der Waals surface area contributed by atoms with Gasteiger partial charge in [0.2, 0.25) is 0 Å². The van der Waals surface area contributed by atoms with Gasteiger partial charge in [0.25, 0.3) is 0 Å². The molecule has 4 rings (SSSR count). The van der Waals surface area contributed by atoms with Gasteiger partial charge in [0.15, 0.2) is 0 Å². The van der Waals surface area contributed by atoms with Gasteiger partial charge < -0.3 is 0 Å². The Bertz CT molecular complexity index is 320. The Labute approximate surface area is 93.8 Å². The molecule has 84 valence electrons. The highest BCUT2D eigenvalue weighted by Gasteiger charge is 3.12. The summed E-state index contributed by atoms with van der Waals surface area (Å²) in [4.78, 5) is 0. The zero-order valence-corrected chi connectivity index (χ0v) is 10.7. The summed E-state index contributed by atoms with van der Waals surface area (Å²) < 4.78 is 0. The molecular weight excluding hydrogens is 180 g/mol. The van der Waals surface area contributed by atoms with E-state index in [1.807, 2.05) is 0 Å². The lowest BCUT2D eigenvalue weighted by Gasteiger charge is -2.22. The van der Waals surface area contributed by atoms with Crippen molar-refractivity contribution in [1.82, 2.24) is 0 Å². The van der Waals surface area contributed by atoms with Crippen molar-refractivity contribution in [3.63, 3.8) is 0 Å². The van der Waals surface area contributed by atoms with Crippen LogP contribution in [-0.4, -0.2) is 0 Å². The summed E-state index contributed by atoms with van der Waals surface area (Å²) in [7, 11) is 0. The van der Waals surface area contributed by atoms with E-state index in [1.165, 1.54) is 17.8 Å². The van der Waals surface area contributed by atoms with Crippen molar-refractivity contribution in [2.45, 2.75) is 41.0 Å². The molecule has 0 saturated heterocycles. The van der Waals surface area contributed by atoms with Gasteiger partial charge in [0, 0.05) is 0 Å². The number of rotatable bonds is 3. The molecule has 4 aliphatic carbocycles. The van der Waals surface area contributed by atoms with Gasteiger partial charge in [0.05, 0.1) is 0 Å². The Balaban J connectivity index is 1.49. The fraction of sp³-hybridized carbons (Fsp3) is 1.00. The molecule has 0 heterocycles. The van der Waals surface area contributed by atoms with Gasteiger partial charge in [-0.3, -0.25) is 0 Å². The maximum absolute atomic E-state index is 2.54. The van der Waals surface area contributed by atoms with Crippen molar-refractivity contribution in [2.75, 3.05) is 0 Å². The third-order valence-electron chi connectivity index (χ3n) is 7.40. The summed E-state index contributed by atoms with van der Waals surface area (Å²) in [5.41, 5.74) is 1.86. The third-order valence-corrected chi connectivity index (χ3v) is 7.40. The van der Waals surface area contributed by atoms with Crippen LogP contribution in [0.5, 0.6) is 0 Å². The Hall–Kier alpha value is 0. The normalized spacial score (nSPS) is 68.8. The first-order valence-electron chi connectivity index (χ1n) is 7.02. The number of hydrogen-bond acceptors (Lipinski definition) is 0. The molecule has 0 aromatic rings. The van der Waals surface area contributed by atoms with Gasteiger partial charge in [-0.2, -0.15) is 0 Å². The summed E-state index contributed by atoms with van der Waals surface area (Å²) in [6, 6.07) is 0. The SMILES string of the molecule is CC(C)C(C)CC1C23C4C(C)C4C12C3C. The van der Waals surface area contributed by atoms with Crippen LogP contribution in [0.1, 0.15) is 41.0 Å². The molecule has 0 heteroatoms. The molecule has 0 N–H and O–H groups in total. The predicted molar refractivity (Wildman–Crippen MR) is 62.3 cm³/mol. The monoisotopic (exact) mass is 204 g/mol. The van der Waals surface area contributed by atoms with E-state index in [2.05, 4.69) is 34.6 Å². The van der Waals surface area contributed by atoms with Crippen molar-refractivity contribution in [2.24, 2.45) is 52.3 Å². The quantitative estimate of drug-likeness (QED) is 0.655. The molecule has 0 aliphatic heterocycles. The largest absolute Gasteiger partial charge is 0.0625 e. The van der Waals surface area contributed by atoms with Crippen LogP contribution in [0.4, 0.5) is 0 Å². The Morgan fingerprint density at radius 2 is 1.53 bits per heavy atom. The van der Waals surface area contributed by atoms with Crippen LogP contribution in [0.3, 0.4) is 0 Å².